The molecule has 3 rings (SSSR count). The van der Waals surface area contributed by atoms with Gasteiger partial charge in [0.25, 0.3) is 0 Å². The van der Waals surface area contributed by atoms with Gasteiger partial charge in [0.05, 0.1) is 5.69 Å². The van der Waals surface area contributed by atoms with Crippen LogP contribution in [0, 0.1) is 0 Å². The van der Waals surface area contributed by atoms with Crippen LogP contribution in [0.15, 0.2) is 27.2 Å². The summed E-state index contributed by atoms with van der Waals surface area (Å²) in [5, 5.41) is 11.1. The number of thiophene rings is 1. The van der Waals surface area contributed by atoms with E-state index in [1.165, 1.54) is 29.2 Å². The molecule has 0 aromatic carbocycles. The summed E-state index contributed by atoms with van der Waals surface area (Å²) < 4.78 is 0. The first-order chi connectivity index (χ1) is 11.8. The Morgan fingerprint density at radius 2 is 2.16 bits per heavy atom. The van der Waals surface area contributed by atoms with Crippen molar-refractivity contribution in [3.05, 3.63) is 33.5 Å². The van der Waals surface area contributed by atoms with Crippen molar-refractivity contribution < 1.29 is 0 Å². The summed E-state index contributed by atoms with van der Waals surface area (Å²) in [6, 6.07) is 2.16. The summed E-state index contributed by atoms with van der Waals surface area (Å²) in [7, 11) is 3.90. The van der Waals surface area contributed by atoms with Crippen molar-refractivity contribution in [2.45, 2.75) is 25.8 Å². The van der Waals surface area contributed by atoms with Crippen molar-refractivity contribution in [1.29, 1.82) is 0 Å². The van der Waals surface area contributed by atoms with Gasteiger partial charge in [-0.1, -0.05) is 0 Å². The van der Waals surface area contributed by atoms with Crippen LogP contribution < -0.4 is 10.2 Å². The van der Waals surface area contributed by atoms with Crippen LogP contribution in [0.1, 0.15) is 24.1 Å². The lowest BCUT2D eigenvalue weighted by atomic mass is 10.3. The smallest absolute Gasteiger partial charge is 0.193 e. The molecule has 1 N–H and O–H groups in total. The Morgan fingerprint density at radius 3 is 2.84 bits per heavy atom. The number of guanidine groups is 1. The van der Waals surface area contributed by atoms with E-state index in [4.69, 9.17) is 4.98 Å². The fourth-order valence-electron chi connectivity index (χ4n) is 2.88. The maximum absolute atomic E-state index is 4.77. The van der Waals surface area contributed by atoms with E-state index in [-0.39, 0.29) is 24.0 Å². The Hall–Kier alpha value is -0.870. The zero-order chi connectivity index (χ0) is 16.8. The minimum Gasteiger partial charge on any atom is -0.356 e. The third-order valence-electron chi connectivity index (χ3n) is 4.15. The van der Waals surface area contributed by atoms with Gasteiger partial charge in [0.15, 0.2) is 11.1 Å². The lowest BCUT2D eigenvalue weighted by Crippen LogP contribution is -2.39. The van der Waals surface area contributed by atoms with E-state index in [0.717, 1.165) is 38.6 Å². The van der Waals surface area contributed by atoms with Crippen molar-refractivity contribution in [2.24, 2.45) is 4.99 Å². The minimum atomic E-state index is 0. The van der Waals surface area contributed by atoms with Crippen molar-refractivity contribution in [3.63, 3.8) is 0 Å². The highest BCUT2D eigenvalue weighted by molar-refractivity contribution is 14.0. The third-order valence-corrected chi connectivity index (χ3v) is 5.84. The highest BCUT2D eigenvalue weighted by atomic mass is 127. The van der Waals surface area contributed by atoms with Gasteiger partial charge >= 0.3 is 0 Å². The normalized spacial score (nSPS) is 14.5. The monoisotopic (exact) mass is 491 g/mol. The summed E-state index contributed by atoms with van der Waals surface area (Å²) in [5.41, 5.74) is 2.49. The Balaban J connectivity index is 0.00000225. The van der Waals surface area contributed by atoms with Gasteiger partial charge in [0, 0.05) is 52.1 Å². The molecule has 2 aromatic heterocycles. The maximum atomic E-state index is 4.77. The molecule has 0 saturated carbocycles. The molecule has 0 amide bonds. The molecular formula is C17H26IN5S2. The van der Waals surface area contributed by atoms with Gasteiger partial charge in [-0.05, 0) is 35.2 Å². The molecule has 1 aliphatic rings. The number of aliphatic imine (C=N–C) groups is 1. The minimum absolute atomic E-state index is 0. The maximum Gasteiger partial charge on any atom is 0.193 e. The first kappa shape index (κ1) is 20.4. The fraction of sp³-hybridized carbons (Fsp3) is 0.529. The molecule has 138 valence electrons. The van der Waals surface area contributed by atoms with Crippen LogP contribution in [0.25, 0.3) is 0 Å². The van der Waals surface area contributed by atoms with Crippen molar-refractivity contribution in [2.75, 3.05) is 38.6 Å². The molecule has 0 bridgehead atoms. The predicted molar refractivity (Wildman–Crippen MR) is 120 cm³/mol. The molecule has 2 aromatic rings. The SMILES string of the molecule is CN=C(NCCc1csc(N2CCCC2)n1)N(C)Cc1ccsc1.I. The molecule has 0 aliphatic carbocycles. The van der Waals surface area contributed by atoms with Crippen LogP contribution in [0.2, 0.25) is 0 Å². The fourth-order valence-corrected chi connectivity index (χ4v) is 4.46. The van der Waals surface area contributed by atoms with E-state index >= 15 is 0 Å². The van der Waals surface area contributed by atoms with E-state index in [0.29, 0.717) is 0 Å². The molecule has 0 unspecified atom stereocenters. The van der Waals surface area contributed by atoms with Crippen LogP contribution in [0.5, 0.6) is 0 Å². The summed E-state index contributed by atoms with van der Waals surface area (Å²) >= 11 is 3.50. The second-order valence-electron chi connectivity index (χ2n) is 6.03. The summed E-state index contributed by atoms with van der Waals surface area (Å²) in [5.74, 6) is 0.927. The molecule has 8 heteroatoms. The zero-order valence-corrected chi connectivity index (χ0v) is 18.7. The summed E-state index contributed by atoms with van der Waals surface area (Å²) in [6.45, 7) is 4.04. The number of thiazole rings is 1. The quantitative estimate of drug-likeness (QED) is 0.381. The van der Waals surface area contributed by atoms with Crippen molar-refractivity contribution in [1.82, 2.24) is 15.2 Å². The van der Waals surface area contributed by atoms with E-state index in [9.17, 15) is 0 Å². The number of hydrogen-bond donors (Lipinski definition) is 1. The van der Waals surface area contributed by atoms with Crippen molar-refractivity contribution in [3.8, 4) is 0 Å². The Labute approximate surface area is 175 Å². The average Bonchev–Trinajstić information content (AvgIpc) is 3.32. The van der Waals surface area contributed by atoms with Crippen molar-refractivity contribution >= 4 is 57.7 Å². The van der Waals surface area contributed by atoms with Crippen LogP contribution >= 0.6 is 46.7 Å². The van der Waals surface area contributed by atoms with Gasteiger partial charge in [0.1, 0.15) is 0 Å². The number of halogens is 1. The van der Waals surface area contributed by atoms with Gasteiger partial charge in [0.2, 0.25) is 0 Å². The Bertz CT molecular complexity index is 650. The first-order valence-electron chi connectivity index (χ1n) is 8.38. The van der Waals surface area contributed by atoms with Gasteiger partial charge in [-0.25, -0.2) is 4.98 Å². The first-order valence-corrected chi connectivity index (χ1v) is 10.2. The average molecular weight is 491 g/mol. The highest BCUT2D eigenvalue weighted by Gasteiger charge is 2.15. The molecule has 1 saturated heterocycles. The number of nitrogens with one attached hydrogen (secondary N) is 1. The molecule has 0 atom stereocenters. The summed E-state index contributed by atoms with van der Waals surface area (Å²) in [4.78, 5) is 13.7. The number of anilines is 1. The highest BCUT2D eigenvalue weighted by Crippen LogP contribution is 2.24. The van der Waals surface area contributed by atoms with Crippen LogP contribution in [0.3, 0.4) is 0 Å². The van der Waals surface area contributed by atoms with Gasteiger partial charge in [-0.3, -0.25) is 4.99 Å². The molecule has 1 fully saturated rings. The van der Waals surface area contributed by atoms with Gasteiger partial charge < -0.3 is 15.1 Å². The molecule has 1 aliphatic heterocycles. The third kappa shape index (κ3) is 5.82. The Kier molecular flexibility index (Phi) is 8.44. The summed E-state index contributed by atoms with van der Waals surface area (Å²) in [6.07, 6.45) is 3.52. The number of aromatic nitrogens is 1. The lowest BCUT2D eigenvalue weighted by Gasteiger charge is -2.21. The predicted octanol–water partition coefficient (Wildman–Crippen LogP) is 3.67. The molecule has 5 nitrogen and oxygen atoms in total. The molecule has 0 spiro atoms. The molecular weight excluding hydrogens is 465 g/mol. The number of rotatable bonds is 6. The molecule has 25 heavy (non-hydrogen) atoms. The topological polar surface area (TPSA) is 43.8 Å². The zero-order valence-electron chi connectivity index (χ0n) is 14.8. The van der Waals surface area contributed by atoms with E-state index in [2.05, 4.69) is 49.4 Å². The number of hydrogen-bond acceptors (Lipinski definition) is 5. The standard InChI is InChI=1S/C17H25N5S2.HI/c1-18-16(21(2)11-14-6-10-23-12-14)19-7-5-15-13-24-17(20-15)22-8-3-4-9-22;/h6,10,12-13H,3-5,7-9,11H2,1-2H3,(H,18,19);1H. The Morgan fingerprint density at radius 1 is 1.36 bits per heavy atom. The van der Waals surface area contributed by atoms with Gasteiger partial charge in [-0.2, -0.15) is 11.3 Å². The number of nitrogens with zero attached hydrogens (tertiary/aromatic N) is 4. The van der Waals surface area contributed by atoms with E-state index in [1.54, 1.807) is 22.7 Å². The van der Waals surface area contributed by atoms with Crippen LogP contribution in [-0.2, 0) is 13.0 Å². The van der Waals surface area contributed by atoms with Crippen LogP contribution in [-0.4, -0.2) is 49.6 Å². The van der Waals surface area contributed by atoms with E-state index < -0.39 is 0 Å². The van der Waals surface area contributed by atoms with E-state index in [1.807, 2.05) is 7.05 Å². The second kappa shape index (κ2) is 10.3. The lowest BCUT2D eigenvalue weighted by molar-refractivity contribution is 0.478. The second-order valence-corrected chi connectivity index (χ2v) is 7.64. The van der Waals surface area contributed by atoms with Gasteiger partial charge in [-0.15, -0.1) is 35.3 Å². The largest absolute Gasteiger partial charge is 0.356 e. The molecule has 3 heterocycles. The van der Waals surface area contributed by atoms with Crippen LogP contribution in [0.4, 0.5) is 5.13 Å². The molecule has 0 radical (unpaired) electrons.